The Balaban J connectivity index is 1.16. The number of imidazole rings is 1. The molecular formula is C25H27FN10O4. The third-order valence-corrected chi connectivity index (χ3v) is 6.97. The van der Waals surface area contributed by atoms with Gasteiger partial charge in [-0.1, -0.05) is 0 Å². The number of nitrogens with two attached hydrogens (primary N) is 2. The second-order valence-electron chi connectivity index (χ2n) is 9.48. The van der Waals surface area contributed by atoms with Crippen molar-refractivity contribution in [3.63, 3.8) is 0 Å². The molecule has 0 unspecified atom stereocenters. The molecule has 0 radical (unpaired) electrons. The number of hydrogen-bond acceptors (Lipinski definition) is 10. The highest BCUT2D eigenvalue weighted by Gasteiger charge is 2.23. The van der Waals surface area contributed by atoms with E-state index < -0.39 is 11.7 Å². The van der Waals surface area contributed by atoms with E-state index in [0.717, 1.165) is 0 Å². The van der Waals surface area contributed by atoms with Crippen molar-refractivity contribution in [2.24, 2.45) is 12.8 Å². The van der Waals surface area contributed by atoms with Crippen LogP contribution in [0.25, 0.3) is 28.4 Å². The lowest BCUT2D eigenvalue weighted by molar-refractivity contribution is -0.119. The first-order chi connectivity index (χ1) is 19.3. The normalized spacial score (nSPS) is 14.4. The van der Waals surface area contributed by atoms with Crippen molar-refractivity contribution in [3.05, 3.63) is 52.9 Å². The average molecular weight is 551 g/mol. The molecule has 4 aromatic heterocycles. The summed E-state index contributed by atoms with van der Waals surface area (Å²) in [5.41, 5.74) is 12.9. The lowest BCUT2D eigenvalue weighted by atomic mass is 10.2. The van der Waals surface area contributed by atoms with E-state index in [0.29, 0.717) is 73.4 Å². The Morgan fingerprint density at radius 3 is 2.62 bits per heavy atom. The fraction of sp³-hybridized carbons (Fsp3) is 0.320. The summed E-state index contributed by atoms with van der Waals surface area (Å²) < 4.78 is 29.8. The number of primary amides is 1. The zero-order valence-electron chi connectivity index (χ0n) is 21.7. The Labute approximate surface area is 226 Å². The maximum Gasteiger partial charge on any atom is 0.330 e. The molecule has 0 aliphatic carbocycles. The number of rotatable bonds is 8. The van der Waals surface area contributed by atoms with Gasteiger partial charge in [0, 0.05) is 52.4 Å². The Morgan fingerprint density at radius 2 is 1.93 bits per heavy atom. The van der Waals surface area contributed by atoms with Gasteiger partial charge < -0.3 is 25.5 Å². The monoisotopic (exact) mass is 550 g/mol. The van der Waals surface area contributed by atoms with Crippen molar-refractivity contribution < 1.29 is 18.3 Å². The van der Waals surface area contributed by atoms with Crippen LogP contribution < -0.4 is 26.8 Å². The summed E-state index contributed by atoms with van der Waals surface area (Å²) >= 11 is 0. The predicted molar refractivity (Wildman–Crippen MR) is 143 cm³/mol. The quantitative estimate of drug-likeness (QED) is 0.277. The van der Waals surface area contributed by atoms with Crippen LogP contribution >= 0.6 is 0 Å². The van der Waals surface area contributed by atoms with E-state index in [9.17, 15) is 14.0 Å². The molecule has 1 aliphatic heterocycles. The number of nitrogen functional groups attached to an aromatic ring is 1. The minimum atomic E-state index is -0.628. The topological polar surface area (TPSA) is 168 Å². The number of ether oxygens (including phenoxy) is 1. The van der Waals surface area contributed by atoms with Crippen molar-refractivity contribution in [2.75, 3.05) is 50.0 Å². The summed E-state index contributed by atoms with van der Waals surface area (Å²) in [6.07, 6.45) is 1.53. The van der Waals surface area contributed by atoms with E-state index in [2.05, 4.69) is 20.0 Å². The number of aromatic nitrogens is 6. The van der Waals surface area contributed by atoms with E-state index >= 15 is 0 Å². The molecule has 1 fully saturated rings. The van der Waals surface area contributed by atoms with Crippen molar-refractivity contribution in [1.82, 2.24) is 33.6 Å². The summed E-state index contributed by atoms with van der Waals surface area (Å²) in [7, 11) is 1.66. The number of nitrogens with zero attached hydrogens (tertiary/aromatic N) is 8. The molecule has 0 bridgehead atoms. The number of benzene rings is 1. The zero-order chi connectivity index (χ0) is 28.0. The van der Waals surface area contributed by atoms with Crippen LogP contribution in [0.3, 0.4) is 0 Å². The third-order valence-electron chi connectivity index (χ3n) is 6.97. The van der Waals surface area contributed by atoms with Gasteiger partial charge in [0.15, 0.2) is 23.7 Å². The molecule has 5 heterocycles. The number of carbonyl (C=O) groups excluding carboxylic acids is 1. The summed E-state index contributed by atoms with van der Waals surface area (Å²) in [6.45, 7) is 3.22. The number of hydrogen-bond donors (Lipinski definition) is 2. The Hall–Kier alpha value is -4.92. The zero-order valence-corrected chi connectivity index (χ0v) is 21.7. The highest BCUT2D eigenvalue weighted by Crippen LogP contribution is 2.26. The van der Waals surface area contributed by atoms with Gasteiger partial charge in [-0.05, 0) is 24.3 Å². The van der Waals surface area contributed by atoms with Gasteiger partial charge in [-0.25, -0.2) is 14.2 Å². The molecule has 15 heteroatoms. The molecule has 0 atom stereocenters. The van der Waals surface area contributed by atoms with Gasteiger partial charge >= 0.3 is 5.69 Å². The minimum Gasteiger partial charge on any atom is -0.484 e. The molecule has 40 heavy (non-hydrogen) atoms. The maximum atomic E-state index is 14.7. The number of carbonyl (C=O) groups is 1. The van der Waals surface area contributed by atoms with Crippen molar-refractivity contribution >= 4 is 34.4 Å². The fourth-order valence-corrected chi connectivity index (χ4v) is 4.94. The highest BCUT2D eigenvalue weighted by atomic mass is 19.1. The molecule has 1 saturated heterocycles. The highest BCUT2D eigenvalue weighted by molar-refractivity contribution is 5.88. The number of halogens is 1. The van der Waals surface area contributed by atoms with E-state index in [1.54, 1.807) is 35.9 Å². The standard InChI is InChI=1S/C25H27FN10O4/c1-32-20-22(30-24(28)36-23(20)29-21(31-36)18-3-2-12-39-18)35(25(32)38)11-8-33-6-9-34(10-7-33)17-5-4-15(13-16(17)26)40-14-19(27)37/h2-5,12-13H,6-11,14H2,1H3,(H2,27,37)(H2,28,30). The number of piperazine rings is 1. The summed E-state index contributed by atoms with van der Waals surface area (Å²) in [5.74, 6) is 0.108. The van der Waals surface area contributed by atoms with Crippen LogP contribution in [0.4, 0.5) is 16.0 Å². The molecule has 1 aromatic carbocycles. The third kappa shape index (κ3) is 4.49. The van der Waals surface area contributed by atoms with Crippen molar-refractivity contribution in [2.45, 2.75) is 6.54 Å². The first kappa shape index (κ1) is 25.4. The molecule has 5 aromatic rings. The van der Waals surface area contributed by atoms with Crippen LogP contribution in [0.1, 0.15) is 0 Å². The van der Waals surface area contributed by atoms with Gasteiger partial charge in [-0.15, -0.1) is 5.10 Å². The molecule has 6 rings (SSSR count). The SMILES string of the molecule is Cn1c(=O)n(CCN2CCN(c3ccc(OCC(N)=O)cc3F)CC2)c2nc(N)n3nc(-c4ccco4)nc3c21. The van der Waals surface area contributed by atoms with Crippen LogP contribution in [0.5, 0.6) is 5.75 Å². The van der Waals surface area contributed by atoms with Crippen molar-refractivity contribution in [3.8, 4) is 17.3 Å². The van der Waals surface area contributed by atoms with Gasteiger partial charge in [0.25, 0.3) is 5.91 Å². The lowest BCUT2D eigenvalue weighted by Gasteiger charge is -2.36. The van der Waals surface area contributed by atoms with E-state index in [1.165, 1.54) is 21.4 Å². The van der Waals surface area contributed by atoms with E-state index in [1.807, 2.05) is 4.90 Å². The van der Waals surface area contributed by atoms with Crippen LogP contribution in [0.15, 0.2) is 45.8 Å². The number of anilines is 2. The first-order valence-electron chi connectivity index (χ1n) is 12.6. The van der Waals surface area contributed by atoms with Crippen LogP contribution in [0, 0.1) is 5.82 Å². The Kier molecular flexibility index (Phi) is 6.34. The van der Waals surface area contributed by atoms with Gasteiger partial charge in [-0.2, -0.15) is 9.50 Å². The molecule has 1 aliphatic rings. The second kappa shape index (κ2) is 10.00. The van der Waals surface area contributed by atoms with E-state index in [-0.39, 0.29) is 24.0 Å². The second-order valence-corrected chi connectivity index (χ2v) is 9.48. The first-order valence-corrected chi connectivity index (χ1v) is 12.6. The number of aryl methyl sites for hydroxylation is 1. The van der Waals surface area contributed by atoms with Crippen LogP contribution in [-0.2, 0) is 18.4 Å². The van der Waals surface area contributed by atoms with Gasteiger partial charge in [-0.3, -0.25) is 18.8 Å². The smallest absolute Gasteiger partial charge is 0.330 e. The fourth-order valence-electron chi connectivity index (χ4n) is 4.94. The maximum absolute atomic E-state index is 14.7. The minimum absolute atomic E-state index is 0.105. The van der Waals surface area contributed by atoms with Crippen LogP contribution in [-0.4, -0.2) is 78.9 Å². The molecule has 1 amide bonds. The summed E-state index contributed by atoms with van der Waals surface area (Å²) in [4.78, 5) is 37.3. The summed E-state index contributed by atoms with van der Waals surface area (Å²) in [6, 6.07) is 7.98. The largest absolute Gasteiger partial charge is 0.484 e. The molecule has 14 nitrogen and oxygen atoms in total. The van der Waals surface area contributed by atoms with Gasteiger partial charge in [0.2, 0.25) is 11.8 Å². The van der Waals surface area contributed by atoms with Gasteiger partial charge in [0.05, 0.1) is 12.0 Å². The summed E-state index contributed by atoms with van der Waals surface area (Å²) in [5, 5.41) is 4.40. The Bertz CT molecular complexity index is 1770. The van der Waals surface area contributed by atoms with Crippen LogP contribution in [0.2, 0.25) is 0 Å². The molecule has 208 valence electrons. The Morgan fingerprint density at radius 1 is 1.12 bits per heavy atom. The number of furan rings is 1. The molecule has 0 spiro atoms. The molecule has 0 saturated carbocycles. The molecule has 4 N–H and O–H groups in total. The average Bonchev–Trinajstić information content (AvgIpc) is 3.67. The number of amides is 1. The van der Waals surface area contributed by atoms with E-state index in [4.69, 9.17) is 20.6 Å². The number of fused-ring (bicyclic) bond motifs is 3. The predicted octanol–water partition coefficient (Wildman–Crippen LogP) is 0.445. The van der Waals surface area contributed by atoms with Gasteiger partial charge in [0.1, 0.15) is 17.1 Å². The lowest BCUT2D eigenvalue weighted by Crippen LogP contribution is -2.47. The van der Waals surface area contributed by atoms with Crippen molar-refractivity contribution in [1.29, 1.82) is 0 Å². The molecular weight excluding hydrogens is 523 g/mol.